The van der Waals surface area contributed by atoms with E-state index in [4.69, 9.17) is 18.9 Å². The first-order valence-corrected chi connectivity index (χ1v) is 19.3. The number of ether oxygens (including phenoxy) is 4. The van der Waals surface area contributed by atoms with Crippen molar-refractivity contribution < 1.29 is 56.8 Å². The molecule has 56 heavy (non-hydrogen) atoms. The minimum Gasteiger partial charge on any atom is -0.461 e. The van der Waals surface area contributed by atoms with Crippen LogP contribution in [0.25, 0.3) is 0 Å². The van der Waals surface area contributed by atoms with Gasteiger partial charge in [-0.2, -0.15) is 0 Å². The van der Waals surface area contributed by atoms with Gasteiger partial charge in [0.15, 0.2) is 30.8 Å². The molecule has 0 amide bonds. The number of thioether (sulfide) groups is 1. The summed E-state index contributed by atoms with van der Waals surface area (Å²) in [7, 11) is 0. The number of halogens is 3. The van der Waals surface area contributed by atoms with Gasteiger partial charge >= 0.3 is 23.9 Å². The van der Waals surface area contributed by atoms with Crippen molar-refractivity contribution in [1.29, 1.82) is 0 Å². The quantitative estimate of drug-likeness (QED) is 0.0621. The lowest BCUT2D eigenvalue weighted by Gasteiger charge is -2.23. The van der Waals surface area contributed by atoms with Crippen LogP contribution in [0.4, 0.5) is 8.78 Å². The van der Waals surface area contributed by atoms with Crippen LogP contribution >= 0.6 is 27.7 Å². The zero-order chi connectivity index (χ0) is 40.9. The Kier molecular flexibility index (Phi) is 16.3. The summed E-state index contributed by atoms with van der Waals surface area (Å²) in [5, 5.41) is 9.13. The van der Waals surface area contributed by atoms with Gasteiger partial charge in [-0.25, -0.2) is 28.0 Å². The number of aliphatic hydroxyl groups is 1. The van der Waals surface area contributed by atoms with Crippen LogP contribution in [0.2, 0.25) is 0 Å². The molecule has 1 heterocycles. The molecular formula is C42H41BrF2O10S. The van der Waals surface area contributed by atoms with Crippen LogP contribution in [0, 0.1) is 27.7 Å². The Hall–Kier alpha value is -4.92. The first kappa shape index (κ1) is 43.8. The van der Waals surface area contributed by atoms with Crippen LogP contribution in [0.15, 0.2) is 97.1 Å². The van der Waals surface area contributed by atoms with Gasteiger partial charge in [0.05, 0.1) is 32.3 Å². The fraction of sp³-hybridized carbons (Fsp3) is 0.310. The second-order valence-corrected chi connectivity index (χ2v) is 15.5. The highest BCUT2D eigenvalue weighted by Crippen LogP contribution is 2.37. The van der Waals surface area contributed by atoms with E-state index in [2.05, 4.69) is 15.9 Å². The molecule has 0 spiro atoms. The lowest BCUT2D eigenvalue weighted by atomic mass is 10.1. The maximum Gasteiger partial charge on any atom is 0.338 e. The summed E-state index contributed by atoms with van der Waals surface area (Å²) in [6.07, 6.45) is -6.44. The molecule has 1 aliphatic heterocycles. The van der Waals surface area contributed by atoms with Crippen LogP contribution in [0.5, 0.6) is 0 Å². The Balaban J connectivity index is 0.000000249. The van der Waals surface area contributed by atoms with Crippen molar-refractivity contribution in [2.24, 2.45) is 0 Å². The molecule has 0 bridgehead atoms. The number of aryl methyl sites for hydroxylation is 4. The summed E-state index contributed by atoms with van der Waals surface area (Å²) in [6.45, 7) is 7.07. The number of carbonyl (C=O) groups excluding carboxylic acids is 5. The normalized spacial score (nSPS) is 18.9. The monoisotopic (exact) mass is 854 g/mol. The molecule has 7 atom stereocenters. The number of aldehydes is 1. The van der Waals surface area contributed by atoms with Gasteiger partial charge in [-0.1, -0.05) is 86.7 Å². The molecule has 296 valence electrons. The average molecular weight is 856 g/mol. The van der Waals surface area contributed by atoms with E-state index in [0.29, 0.717) is 16.7 Å². The van der Waals surface area contributed by atoms with Crippen LogP contribution in [-0.2, 0) is 23.7 Å². The Labute approximate surface area is 336 Å². The predicted octanol–water partition coefficient (Wildman–Crippen LogP) is 7.44. The molecule has 14 heteroatoms. The fourth-order valence-electron chi connectivity index (χ4n) is 5.11. The SMILES string of the molecule is Cc1ccc(C(=O)OC[C@H](Br)[C@@H](OC(=O)c2ccc(C)cc2)[C@H](F)C=O)cc1.Cc1ccc(C(=O)OC[C@H]2SC(O)[C@@H](F)[C@@H]2OC(=O)c2ccc(C)cc2)cc1. The minimum absolute atomic E-state index is 0.0448. The summed E-state index contributed by atoms with van der Waals surface area (Å²) in [6, 6.07) is 26.8. The largest absolute Gasteiger partial charge is 0.461 e. The highest BCUT2D eigenvalue weighted by molar-refractivity contribution is 9.09. The zero-order valence-electron chi connectivity index (χ0n) is 30.9. The molecular weight excluding hydrogens is 814 g/mol. The first-order chi connectivity index (χ1) is 26.7. The maximum absolute atomic E-state index is 14.4. The molecule has 1 fully saturated rings. The molecule has 0 saturated carbocycles. The number of aliphatic hydroxyl groups excluding tert-OH is 1. The highest BCUT2D eigenvalue weighted by atomic mass is 79.9. The number of rotatable bonds is 13. The molecule has 4 aromatic carbocycles. The predicted molar refractivity (Wildman–Crippen MR) is 210 cm³/mol. The molecule has 1 saturated heterocycles. The number of alkyl halides is 3. The fourth-order valence-corrected chi connectivity index (χ4v) is 6.81. The van der Waals surface area contributed by atoms with Crippen molar-refractivity contribution in [3.05, 3.63) is 142 Å². The van der Waals surface area contributed by atoms with E-state index in [-0.39, 0.29) is 25.1 Å². The molecule has 4 aromatic rings. The van der Waals surface area contributed by atoms with Crippen molar-refractivity contribution in [2.75, 3.05) is 13.2 Å². The lowest BCUT2D eigenvalue weighted by molar-refractivity contribution is -0.115. The van der Waals surface area contributed by atoms with Gasteiger partial charge < -0.3 is 24.1 Å². The van der Waals surface area contributed by atoms with Crippen molar-refractivity contribution in [3.63, 3.8) is 0 Å². The minimum atomic E-state index is -2.07. The van der Waals surface area contributed by atoms with E-state index in [1.54, 1.807) is 97.1 Å². The van der Waals surface area contributed by atoms with Crippen LogP contribution in [0.1, 0.15) is 63.7 Å². The van der Waals surface area contributed by atoms with E-state index in [0.717, 1.165) is 34.0 Å². The molecule has 5 rings (SSSR count). The van der Waals surface area contributed by atoms with E-state index in [9.17, 15) is 37.9 Å². The van der Waals surface area contributed by atoms with E-state index < -0.39 is 63.9 Å². The van der Waals surface area contributed by atoms with Gasteiger partial charge in [-0.15, -0.1) is 11.8 Å². The Bertz CT molecular complexity index is 1940. The second kappa shape index (κ2) is 20.8. The van der Waals surface area contributed by atoms with Crippen LogP contribution in [-0.4, -0.2) is 88.5 Å². The van der Waals surface area contributed by atoms with Gasteiger partial charge in [0.25, 0.3) is 0 Å². The number of benzene rings is 4. The average Bonchev–Trinajstić information content (AvgIpc) is 3.46. The van der Waals surface area contributed by atoms with E-state index in [1.165, 1.54) is 0 Å². The van der Waals surface area contributed by atoms with Crippen LogP contribution < -0.4 is 0 Å². The number of carbonyl (C=O) groups is 5. The molecule has 0 aliphatic carbocycles. The van der Waals surface area contributed by atoms with E-state index >= 15 is 0 Å². The number of esters is 4. The maximum atomic E-state index is 14.4. The van der Waals surface area contributed by atoms with Gasteiger partial charge in [-0.3, -0.25) is 4.79 Å². The third kappa shape index (κ3) is 12.6. The summed E-state index contributed by atoms with van der Waals surface area (Å²) in [5.74, 6) is -2.61. The summed E-state index contributed by atoms with van der Waals surface area (Å²) in [5.41, 5.74) is 3.81. The molecule has 1 N–H and O–H groups in total. The van der Waals surface area contributed by atoms with Crippen LogP contribution in [0.3, 0.4) is 0 Å². The lowest BCUT2D eigenvalue weighted by Crippen LogP contribution is -2.39. The smallest absolute Gasteiger partial charge is 0.338 e. The standard InChI is InChI=1S/C21H20BrFO5.C21H21FO5S/c1-13-3-7-15(8-4-13)20(25)27-12-17(22)19(18(23)11-24)28-21(26)16-9-5-14(2)6-10-16;1-12-3-7-14(8-4-12)19(23)26-11-16-18(17(22)21(25)28-16)27-20(24)15-9-5-13(2)6-10-15/h3-11,17-19H,12H2,1-2H3;3-10,16-18,21,25H,11H2,1-2H3/t17-,18+,19+;16-,17+,18-,21?/m01/s1. The van der Waals surface area contributed by atoms with Gasteiger partial charge in [0.1, 0.15) is 18.6 Å². The van der Waals surface area contributed by atoms with Crippen molar-refractivity contribution in [2.45, 2.75) is 67.8 Å². The van der Waals surface area contributed by atoms with Crippen molar-refractivity contribution in [1.82, 2.24) is 0 Å². The molecule has 10 nitrogen and oxygen atoms in total. The second-order valence-electron chi connectivity index (χ2n) is 13.0. The number of hydrogen-bond acceptors (Lipinski definition) is 11. The topological polar surface area (TPSA) is 143 Å². The Morgan fingerprint density at radius 1 is 0.696 bits per heavy atom. The molecule has 0 aromatic heterocycles. The van der Waals surface area contributed by atoms with Gasteiger partial charge in [0.2, 0.25) is 0 Å². The number of hydrogen-bond donors (Lipinski definition) is 1. The summed E-state index contributed by atoms with van der Waals surface area (Å²) in [4.78, 5) is 58.8. The van der Waals surface area contributed by atoms with Crippen molar-refractivity contribution in [3.8, 4) is 0 Å². The Morgan fingerprint density at radius 3 is 1.52 bits per heavy atom. The Morgan fingerprint density at radius 2 is 1.09 bits per heavy atom. The van der Waals surface area contributed by atoms with Gasteiger partial charge in [-0.05, 0) is 76.2 Å². The molecule has 1 unspecified atom stereocenters. The molecule has 1 aliphatic rings. The van der Waals surface area contributed by atoms with E-state index in [1.807, 2.05) is 27.7 Å². The highest BCUT2D eigenvalue weighted by Gasteiger charge is 2.47. The first-order valence-electron chi connectivity index (χ1n) is 17.4. The summed E-state index contributed by atoms with van der Waals surface area (Å²) >= 11 is 4.04. The molecule has 0 radical (unpaired) electrons. The van der Waals surface area contributed by atoms with Gasteiger partial charge in [0, 0.05) is 0 Å². The third-order valence-corrected chi connectivity index (χ3v) is 10.5. The van der Waals surface area contributed by atoms with Crippen molar-refractivity contribution >= 4 is 57.9 Å². The summed E-state index contributed by atoms with van der Waals surface area (Å²) < 4.78 is 49.3. The zero-order valence-corrected chi connectivity index (χ0v) is 33.3. The third-order valence-electron chi connectivity index (χ3n) is 8.45.